The number of ketones is 1. The molecular formula is C10H18OS. The third-order valence-corrected chi connectivity index (χ3v) is 4.12. The molecule has 0 amide bonds. The van der Waals surface area contributed by atoms with Crippen molar-refractivity contribution in [2.75, 3.05) is 5.75 Å². The minimum absolute atomic E-state index is 0.214. The molecule has 1 aliphatic rings. The van der Waals surface area contributed by atoms with Crippen LogP contribution < -0.4 is 0 Å². The van der Waals surface area contributed by atoms with Crippen LogP contribution in [0, 0.1) is 5.92 Å². The molecule has 0 aromatic rings. The summed E-state index contributed by atoms with van der Waals surface area (Å²) in [5, 5.41) is 0.214. The zero-order chi connectivity index (χ0) is 8.97. The molecule has 1 atom stereocenters. The summed E-state index contributed by atoms with van der Waals surface area (Å²) in [7, 11) is 0. The van der Waals surface area contributed by atoms with Crippen molar-refractivity contribution in [3.63, 3.8) is 0 Å². The Morgan fingerprint density at radius 3 is 2.58 bits per heavy atom. The second-order valence-corrected chi connectivity index (χ2v) is 5.11. The van der Waals surface area contributed by atoms with Gasteiger partial charge < -0.3 is 0 Å². The van der Waals surface area contributed by atoms with E-state index < -0.39 is 0 Å². The molecule has 0 spiro atoms. The lowest BCUT2D eigenvalue weighted by Crippen LogP contribution is -2.11. The molecular weight excluding hydrogens is 168 g/mol. The number of thioether (sulfide) groups is 1. The third-order valence-electron chi connectivity index (χ3n) is 2.63. The number of carbonyl (C=O) groups is 1. The Bertz CT molecular complexity index is 150. The van der Waals surface area contributed by atoms with E-state index in [2.05, 4.69) is 0 Å². The molecule has 0 N–H and O–H groups in total. The predicted molar refractivity (Wildman–Crippen MR) is 54.6 cm³/mol. The van der Waals surface area contributed by atoms with Gasteiger partial charge in [-0.05, 0) is 38.4 Å². The fourth-order valence-electron chi connectivity index (χ4n) is 1.57. The number of rotatable bonds is 4. The van der Waals surface area contributed by atoms with Gasteiger partial charge in [0.15, 0.2) is 0 Å². The van der Waals surface area contributed by atoms with Gasteiger partial charge in [0.05, 0.1) is 5.25 Å². The highest BCUT2D eigenvalue weighted by Gasteiger charge is 2.17. The first kappa shape index (κ1) is 10.1. The zero-order valence-electron chi connectivity index (χ0n) is 8.01. The van der Waals surface area contributed by atoms with Gasteiger partial charge in [0.1, 0.15) is 5.78 Å². The molecule has 0 aliphatic heterocycles. The molecule has 0 bridgehead atoms. The molecule has 0 radical (unpaired) electrons. The molecule has 1 saturated carbocycles. The molecule has 1 nitrogen and oxygen atoms in total. The average molecular weight is 186 g/mol. The van der Waals surface area contributed by atoms with Gasteiger partial charge in [-0.1, -0.05) is 12.8 Å². The highest BCUT2D eigenvalue weighted by atomic mass is 32.2. The van der Waals surface area contributed by atoms with Crippen LogP contribution in [-0.2, 0) is 4.79 Å². The van der Waals surface area contributed by atoms with Crippen molar-refractivity contribution in [2.45, 2.75) is 44.8 Å². The van der Waals surface area contributed by atoms with Crippen molar-refractivity contribution < 1.29 is 4.79 Å². The van der Waals surface area contributed by atoms with Crippen molar-refractivity contribution in [1.82, 2.24) is 0 Å². The number of Topliss-reactive ketones (excluding diaryl/α,β-unsaturated/α-hetero) is 1. The standard InChI is InChI=1S/C10H18OS/c1-8(11)9(2)12-7-10-5-3-4-6-10/h9-10H,3-7H2,1-2H3. The first-order chi connectivity index (χ1) is 5.70. The molecule has 0 aromatic carbocycles. The van der Waals surface area contributed by atoms with E-state index >= 15 is 0 Å². The Morgan fingerprint density at radius 2 is 2.08 bits per heavy atom. The molecule has 0 saturated heterocycles. The Morgan fingerprint density at radius 1 is 1.50 bits per heavy atom. The molecule has 12 heavy (non-hydrogen) atoms. The third kappa shape index (κ3) is 3.18. The minimum atomic E-state index is 0.214. The first-order valence-corrected chi connectivity index (χ1v) is 5.87. The lowest BCUT2D eigenvalue weighted by molar-refractivity contribution is -0.116. The average Bonchev–Trinajstić information content (AvgIpc) is 2.51. The Kier molecular flexibility index (Phi) is 4.13. The van der Waals surface area contributed by atoms with E-state index in [-0.39, 0.29) is 5.25 Å². The van der Waals surface area contributed by atoms with E-state index in [1.807, 2.05) is 18.7 Å². The predicted octanol–water partition coefficient (Wildman–Crippen LogP) is 2.89. The molecule has 0 aromatic heterocycles. The quantitative estimate of drug-likeness (QED) is 0.671. The summed E-state index contributed by atoms with van der Waals surface area (Å²) in [6.45, 7) is 3.70. The van der Waals surface area contributed by atoms with Gasteiger partial charge in [0.25, 0.3) is 0 Å². The van der Waals surface area contributed by atoms with Crippen LogP contribution >= 0.6 is 11.8 Å². The maximum atomic E-state index is 10.9. The summed E-state index contributed by atoms with van der Waals surface area (Å²) in [4.78, 5) is 10.9. The van der Waals surface area contributed by atoms with Crippen molar-refractivity contribution in [3.8, 4) is 0 Å². The van der Waals surface area contributed by atoms with E-state index in [0.29, 0.717) is 5.78 Å². The lowest BCUT2D eigenvalue weighted by Gasteiger charge is -2.11. The van der Waals surface area contributed by atoms with Gasteiger partial charge >= 0.3 is 0 Å². The van der Waals surface area contributed by atoms with Crippen molar-refractivity contribution in [1.29, 1.82) is 0 Å². The van der Waals surface area contributed by atoms with Crippen LogP contribution in [0.2, 0.25) is 0 Å². The van der Waals surface area contributed by atoms with Crippen molar-refractivity contribution >= 4 is 17.5 Å². The topological polar surface area (TPSA) is 17.1 Å². The molecule has 1 aliphatic carbocycles. The molecule has 1 fully saturated rings. The fourth-order valence-corrected chi connectivity index (χ4v) is 2.70. The largest absolute Gasteiger partial charge is 0.299 e. The summed E-state index contributed by atoms with van der Waals surface area (Å²) in [6.07, 6.45) is 5.58. The minimum Gasteiger partial charge on any atom is -0.299 e. The summed E-state index contributed by atoms with van der Waals surface area (Å²) >= 11 is 1.83. The van der Waals surface area contributed by atoms with Crippen LogP contribution in [0.15, 0.2) is 0 Å². The fraction of sp³-hybridized carbons (Fsp3) is 0.900. The van der Waals surface area contributed by atoms with Crippen molar-refractivity contribution in [3.05, 3.63) is 0 Å². The monoisotopic (exact) mass is 186 g/mol. The number of hydrogen-bond acceptors (Lipinski definition) is 2. The van der Waals surface area contributed by atoms with Crippen LogP contribution in [0.5, 0.6) is 0 Å². The summed E-state index contributed by atoms with van der Waals surface area (Å²) in [6, 6.07) is 0. The van der Waals surface area contributed by atoms with Gasteiger partial charge in [-0.3, -0.25) is 4.79 Å². The summed E-state index contributed by atoms with van der Waals surface area (Å²) < 4.78 is 0. The molecule has 0 heterocycles. The highest BCUT2D eigenvalue weighted by molar-refractivity contribution is 8.00. The van der Waals surface area contributed by atoms with E-state index in [0.717, 1.165) is 5.92 Å². The Hall–Kier alpha value is 0.0200. The second kappa shape index (κ2) is 4.90. The van der Waals surface area contributed by atoms with Crippen LogP contribution in [0.4, 0.5) is 0 Å². The molecule has 70 valence electrons. The lowest BCUT2D eigenvalue weighted by atomic mass is 10.1. The SMILES string of the molecule is CC(=O)C(C)SCC1CCCC1. The van der Waals surface area contributed by atoms with Crippen LogP contribution in [0.1, 0.15) is 39.5 Å². The zero-order valence-corrected chi connectivity index (χ0v) is 8.82. The summed E-state index contributed by atoms with van der Waals surface area (Å²) in [5.41, 5.74) is 0. The summed E-state index contributed by atoms with van der Waals surface area (Å²) in [5.74, 6) is 2.41. The maximum absolute atomic E-state index is 10.9. The molecule has 1 rings (SSSR count). The van der Waals surface area contributed by atoms with Crippen molar-refractivity contribution in [2.24, 2.45) is 5.92 Å². The first-order valence-electron chi connectivity index (χ1n) is 4.82. The van der Waals surface area contributed by atoms with E-state index in [9.17, 15) is 4.79 Å². The Balaban J connectivity index is 2.11. The van der Waals surface area contributed by atoms with Gasteiger partial charge in [0, 0.05) is 0 Å². The smallest absolute Gasteiger partial charge is 0.142 e. The molecule has 2 heteroatoms. The van der Waals surface area contributed by atoms with Crippen LogP contribution in [0.3, 0.4) is 0 Å². The van der Waals surface area contributed by atoms with E-state index in [4.69, 9.17) is 0 Å². The van der Waals surface area contributed by atoms with Gasteiger partial charge in [0.2, 0.25) is 0 Å². The van der Waals surface area contributed by atoms with Crippen LogP contribution in [-0.4, -0.2) is 16.8 Å². The maximum Gasteiger partial charge on any atom is 0.142 e. The van der Waals surface area contributed by atoms with Crippen LogP contribution in [0.25, 0.3) is 0 Å². The number of hydrogen-bond donors (Lipinski definition) is 0. The Labute approximate surface area is 79.3 Å². The normalized spacial score (nSPS) is 21.2. The van der Waals surface area contributed by atoms with Gasteiger partial charge in [-0.25, -0.2) is 0 Å². The van der Waals surface area contributed by atoms with Gasteiger partial charge in [-0.2, -0.15) is 11.8 Å². The number of carbonyl (C=O) groups excluding carboxylic acids is 1. The highest BCUT2D eigenvalue weighted by Crippen LogP contribution is 2.29. The molecule has 1 unspecified atom stereocenters. The van der Waals surface area contributed by atoms with E-state index in [1.54, 1.807) is 6.92 Å². The van der Waals surface area contributed by atoms with Gasteiger partial charge in [-0.15, -0.1) is 0 Å². The van der Waals surface area contributed by atoms with E-state index in [1.165, 1.54) is 31.4 Å². The second-order valence-electron chi connectivity index (χ2n) is 3.74.